The molecule has 0 spiro atoms. The van der Waals surface area contributed by atoms with Crippen LogP contribution in [0.1, 0.15) is 27.0 Å². The van der Waals surface area contributed by atoms with Crippen molar-refractivity contribution in [3.8, 4) is 45.3 Å². The molecule has 0 saturated carbocycles. The number of nitrogens with one attached hydrogen (secondary N) is 1. The third kappa shape index (κ3) is 5.41. The first kappa shape index (κ1) is 29.0. The van der Waals surface area contributed by atoms with Crippen LogP contribution in [0.4, 0.5) is 0 Å². The Hall–Kier alpha value is -5.05. The van der Waals surface area contributed by atoms with Gasteiger partial charge in [0.2, 0.25) is 0 Å². The van der Waals surface area contributed by atoms with E-state index in [4.69, 9.17) is 18.9 Å². The van der Waals surface area contributed by atoms with E-state index < -0.39 is 0 Å². The molecule has 8 nitrogen and oxygen atoms in total. The van der Waals surface area contributed by atoms with Crippen molar-refractivity contribution in [1.29, 1.82) is 0 Å². The minimum absolute atomic E-state index is 0.155. The van der Waals surface area contributed by atoms with E-state index in [1.54, 1.807) is 34.5 Å². The van der Waals surface area contributed by atoms with Crippen LogP contribution in [0.2, 0.25) is 0 Å². The summed E-state index contributed by atoms with van der Waals surface area (Å²) < 4.78 is 21.4. The van der Waals surface area contributed by atoms with E-state index in [2.05, 4.69) is 23.5 Å². The van der Waals surface area contributed by atoms with E-state index >= 15 is 0 Å². The summed E-state index contributed by atoms with van der Waals surface area (Å²) in [6.07, 6.45) is 0. The number of amides is 1. The normalized spacial score (nSPS) is 11.4. The molecule has 0 unspecified atom stereocenters. The Bertz CT molecular complexity index is 1870. The maximum Gasteiger partial charge on any atom is 0.252 e. The van der Waals surface area contributed by atoms with Crippen LogP contribution >= 0.6 is 0 Å². The molecule has 1 aliphatic carbocycles. The van der Waals surface area contributed by atoms with Crippen molar-refractivity contribution in [2.45, 2.75) is 19.6 Å². The summed E-state index contributed by atoms with van der Waals surface area (Å²) in [5.41, 5.74) is 7.56. The van der Waals surface area contributed by atoms with Gasteiger partial charge in [-0.1, -0.05) is 48.5 Å². The first-order valence-electron chi connectivity index (χ1n) is 14.3. The molecule has 0 atom stereocenters. The number of benzene rings is 5. The number of hydrogen-bond acceptors (Lipinski definition) is 7. The highest BCUT2D eigenvalue weighted by Crippen LogP contribution is 2.48. The Morgan fingerprint density at radius 3 is 1.89 bits per heavy atom. The third-order valence-electron chi connectivity index (χ3n) is 8.02. The summed E-state index contributed by atoms with van der Waals surface area (Å²) >= 11 is 0. The van der Waals surface area contributed by atoms with Crippen LogP contribution in [0.25, 0.3) is 33.0 Å². The number of ether oxygens (including phenoxy) is 4. The molecule has 0 saturated heterocycles. The Balaban J connectivity index is 1.22. The lowest BCUT2D eigenvalue weighted by Crippen LogP contribution is -2.23. The number of nitrogens with zero attached hydrogens (tertiary/aromatic N) is 1. The van der Waals surface area contributed by atoms with Crippen molar-refractivity contribution in [3.05, 3.63) is 112 Å². The fourth-order valence-corrected chi connectivity index (χ4v) is 5.91. The number of hydrogen-bond donors (Lipinski definition) is 1. The fourth-order valence-electron chi connectivity index (χ4n) is 5.91. The standard InChI is InChI=1S/C36H33N2O6/c1-41-31-14-9-22(17-33(31)43-3)19-37-36(39)29-13-12-28-30-16-23(8-11-25(30)26-6-5-7-27(29)35(26)28)20-38(40)21-24-10-15-32(42-2)34(18-24)44-4/h5-18H,19-21H2,1-4H3,(H,37,39)/q-1. The van der Waals surface area contributed by atoms with Gasteiger partial charge in [-0.2, -0.15) is 0 Å². The second kappa shape index (κ2) is 12.3. The van der Waals surface area contributed by atoms with Crippen LogP contribution in [0.5, 0.6) is 23.0 Å². The van der Waals surface area contributed by atoms with Crippen LogP contribution in [0.3, 0.4) is 0 Å². The van der Waals surface area contributed by atoms with Crippen molar-refractivity contribution in [3.63, 3.8) is 0 Å². The van der Waals surface area contributed by atoms with Crippen molar-refractivity contribution in [2.75, 3.05) is 28.4 Å². The third-order valence-corrected chi connectivity index (χ3v) is 8.02. The molecule has 0 bridgehead atoms. The van der Waals surface area contributed by atoms with E-state index in [0.717, 1.165) is 54.8 Å². The zero-order chi connectivity index (χ0) is 30.8. The Kier molecular flexibility index (Phi) is 8.11. The van der Waals surface area contributed by atoms with Crippen molar-refractivity contribution < 1.29 is 23.7 Å². The number of fused-ring (bicyclic) bond motifs is 3. The van der Waals surface area contributed by atoms with Gasteiger partial charge < -0.3 is 34.5 Å². The molecule has 0 radical (unpaired) electrons. The predicted molar refractivity (Wildman–Crippen MR) is 171 cm³/mol. The maximum absolute atomic E-state index is 13.4. The monoisotopic (exact) mass is 589 g/mol. The molecule has 0 aromatic heterocycles. The number of carbonyl (C=O) groups excluding carboxylic acids is 1. The van der Waals surface area contributed by atoms with E-state index in [0.29, 0.717) is 35.1 Å². The van der Waals surface area contributed by atoms with Gasteiger partial charge in [-0.15, -0.1) is 0 Å². The van der Waals surface area contributed by atoms with Crippen molar-refractivity contribution >= 4 is 16.7 Å². The van der Waals surface area contributed by atoms with Crippen molar-refractivity contribution in [2.24, 2.45) is 0 Å². The Morgan fingerprint density at radius 2 is 1.20 bits per heavy atom. The van der Waals surface area contributed by atoms with E-state index in [1.165, 1.54) is 0 Å². The number of rotatable bonds is 11. The first-order valence-corrected chi connectivity index (χ1v) is 14.3. The van der Waals surface area contributed by atoms with Gasteiger partial charge in [-0.3, -0.25) is 4.79 Å². The molecule has 5 aromatic rings. The minimum Gasteiger partial charge on any atom is -0.785 e. The van der Waals surface area contributed by atoms with E-state index in [1.807, 2.05) is 60.7 Å². The average molecular weight is 590 g/mol. The summed E-state index contributed by atoms with van der Waals surface area (Å²) in [6, 6.07) is 27.2. The largest absolute Gasteiger partial charge is 0.785 e. The highest BCUT2D eigenvalue weighted by molar-refractivity contribution is 6.20. The summed E-state index contributed by atoms with van der Waals surface area (Å²) in [6.45, 7) is 0.799. The van der Waals surface area contributed by atoms with E-state index in [-0.39, 0.29) is 19.0 Å². The zero-order valence-corrected chi connectivity index (χ0v) is 25.1. The molecular formula is C36H33N2O6-. The highest BCUT2D eigenvalue weighted by atomic mass is 16.5. The second-order valence-electron chi connectivity index (χ2n) is 10.6. The van der Waals surface area contributed by atoms with E-state index in [9.17, 15) is 10.0 Å². The lowest BCUT2D eigenvalue weighted by atomic mass is 9.98. The quantitative estimate of drug-likeness (QED) is 0.164. The lowest BCUT2D eigenvalue weighted by Gasteiger charge is -2.28. The molecule has 8 heteroatoms. The van der Waals surface area contributed by atoms with Crippen LogP contribution in [0, 0.1) is 5.21 Å². The summed E-state index contributed by atoms with van der Waals surface area (Å²) in [4.78, 5) is 13.4. The molecule has 44 heavy (non-hydrogen) atoms. The summed E-state index contributed by atoms with van der Waals surface area (Å²) in [5.74, 6) is 2.31. The smallest absolute Gasteiger partial charge is 0.252 e. The van der Waals surface area contributed by atoms with Gasteiger partial charge in [0, 0.05) is 25.2 Å². The Morgan fingerprint density at radius 1 is 0.636 bits per heavy atom. The molecule has 0 heterocycles. The molecule has 1 N–H and O–H groups in total. The van der Waals surface area contributed by atoms with Gasteiger partial charge in [0.15, 0.2) is 23.0 Å². The average Bonchev–Trinajstić information content (AvgIpc) is 3.37. The van der Waals surface area contributed by atoms with Gasteiger partial charge in [0.05, 0.1) is 28.4 Å². The molecule has 5 aromatic carbocycles. The molecule has 6 rings (SSSR count). The lowest BCUT2D eigenvalue weighted by molar-refractivity contribution is 0.0952. The molecule has 1 amide bonds. The number of methoxy groups -OCH3 is 4. The van der Waals surface area contributed by atoms with Crippen LogP contribution in [0.15, 0.2) is 84.9 Å². The van der Waals surface area contributed by atoms with Gasteiger partial charge in [-0.05, 0) is 86.1 Å². The maximum atomic E-state index is 13.4. The first-order chi connectivity index (χ1) is 21.4. The van der Waals surface area contributed by atoms with Crippen molar-refractivity contribution in [1.82, 2.24) is 10.4 Å². The molecular weight excluding hydrogens is 556 g/mol. The van der Waals surface area contributed by atoms with Gasteiger partial charge in [-0.25, -0.2) is 0 Å². The molecule has 0 fully saturated rings. The van der Waals surface area contributed by atoms with Gasteiger partial charge in [0.25, 0.3) is 5.91 Å². The summed E-state index contributed by atoms with van der Waals surface area (Å²) in [5, 5.41) is 19.0. The van der Waals surface area contributed by atoms with Gasteiger partial charge >= 0.3 is 0 Å². The topological polar surface area (TPSA) is 92.3 Å². The van der Waals surface area contributed by atoms with Crippen LogP contribution in [-0.4, -0.2) is 39.4 Å². The fraction of sp³-hybridized carbons (Fsp3) is 0.194. The number of hydroxylamine groups is 2. The van der Waals surface area contributed by atoms with Gasteiger partial charge in [0.1, 0.15) is 0 Å². The molecule has 224 valence electrons. The molecule has 0 aliphatic heterocycles. The highest BCUT2D eigenvalue weighted by Gasteiger charge is 2.24. The summed E-state index contributed by atoms with van der Waals surface area (Å²) in [7, 11) is 6.34. The Labute approximate surface area is 256 Å². The SMILES string of the molecule is COc1ccc(CNC(=O)c2ccc3c4c(cccc24)-c2ccc(CN([O-])Cc4ccc(OC)c(OC)c4)cc2-3)cc1OC. The molecule has 1 aliphatic rings. The van der Waals surface area contributed by atoms with Crippen LogP contribution in [-0.2, 0) is 19.6 Å². The number of carbonyl (C=O) groups is 1. The predicted octanol–water partition coefficient (Wildman–Crippen LogP) is 6.95. The second-order valence-corrected chi connectivity index (χ2v) is 10.6. The van der Waals surface area contributed by atoms with Crippen LogP contribution < -0.4 is 24.3 Å². The minimum atomic E-state index is -0.155. The zero-order valence-electron chi connectivity index (χ0n) is 25.1.